The molecule has 1 aliphatic rings. The second-order valence-electron chi connectivity index (χ2n) is 4.27. The molecule has 1 saturated heterocycles. The molecule has 1 aliphatic heterocycles. The summed E-state index contributed by atoms with van der Waals surface area (Å²) in [6.07, 6.45) is 1.69. The maximum absolute atomic E-state index is 11.2. The second-order valence-corrected chi connectivity index (χ2v) is 4.27. The third kappa shape index (κ3) is 3.64. The van der Waals surface area contributed by atoms with E-state index in [4.69, 9.17) is 19.9 Å². The summed E-state index contributed by atoms with van der Waals surface area (Å²) in [4.78, 5) is 11.2. The van der Waals surface area contributed by atoms with E-state index in [1.54, 1.807) is 25.3 Å². The van der Waals surface area contributed by atoms with Crippen LogP contribution >= 0.6 is 0 Å². The van der Waals surface area contributed by atoms with Crippen LogP contribution in [0, 0.1) is 0 Å². The first kappa shape index (κ1) is 14.2. The predicted molar refractivity (Wildman–Crippen MR) is 72.4 cm³/mol. The van der Waals surface area contributed by atoms with Gasteiger partial charge in [0.05, 0.1) is 20.8 Å². The van der Waals surface area contributed by atoms with E-state index in [0.29, 0.717) is 18.1 Å². The molecule has 1 fully saturated rings. The molecule has 1 atom stereocenters. The van der Waals surface area contributed by atoms with Crippen molar-refractivity contribution in [2.24, 2.45) is 5.73 Å². The fourth-order valence-electron chi connectivity index (χ4n) is 1.60. The fourth-order valence-corrected chi connectivity index (χ4v) is 1.60. The van der Waals surface area contributed by atoms with Gasteiger partial charge in [0.15, 0.2) is 11.5 Å². The molecular weight excluding hydrogens is 262 g/mol. The van der Waals surface area contributed by atoms with Crippen molar-refractivity contribution >= 4 is 12.0 Å². The van der Waals surface area contributed by atoms with Gasteiger partial charge in [-0.2, -0.15) is 0 Å². The first-order valence-electron chi connectivity index (χ1n) is 6.12. The molecule has 20 heavy (non-hydrogen) atoms. The molecule has 0 amide bonds. The Hall–Kier alpha value is -2.21. The second kappa shape index (κ2) is 6.29. The van der Waals surface area contributed by atoms with E-state index in [1.807, 2.05) is 0 Å². The van der Waals surface area contributed by atoms with Crippen LogP contribution in [0.5, 0.6) is 11.5 Å². The van der Waals surface area contributed by atoms with Crippen molar-refractivity contribution in [3.8, 4) is 11.5 Å². The quantitative estimate of drug-likeness (QED) is 0.474. The highest BCUT2D eigenvalue weighted by Gasteiger charge is 2.23. The lowest BCUT2D eigenvalue weighted by molar-refractivity contribution is -0.136. The Morgan fingerprint density at radius 1 is 1.45 bits per heavy atom. The van der Waals surface area contributed by atoms with Gasteiger partial charge in [0.2, 0.25) is 0 Å². The highest BCUT2D eigenvalue weighted by Crippen LogP contribution is 2.29. The number of hydrogen-bond acceptors (Lipinski definition) is 6. The monoisotopic (exact) mass is 279 g/mol. The fraction of sp³-hybridized carbons (Fsp3) is 0.357. The number of esters is 1. The molecule has 1 unspecified atom stereocenters. The van der Waals surface area contributed by atoms with Crippen LogP contribution in [0.1, 0.15) is 5.56 Å². The lowest BCUT2D eigenvalue weighted by Gasteiger charge is -2.10. The first-order valence-corrected chi connectivity index (χ1v) is 6.12. The summed E-state index contributed by atoms with van der Waals surface area (Å²) in [5.41, 5.74) is 6.34. The number of benzene rings is 1. The normalized spacial score (nSPS) is 17.5. The van der Waals surface area contributed by atoms with Crippen LogP contribution in [0.2, 0.25) is 0 Å². The Balaban J connectivity index is 2.13. The molecule has 0 aliphatic carbocycles. The van der Waals surface area contributed by atoms with Crippen LogP contribution in [-0.2, 0) is 14.3 Å². The lowest BCUT2D eigenvalue weighted by Crippen LogP contribution is -2.12. The molecule has 1 aromatic carbocycles. The molecule has 6 nitrogen and oxygen atoms in total. The number of methoxy groups -OCH3 is 2. The number of ether oxygens (including phenoxy) is 4. The summed E-state index contributed by atoms with van der Waals surface area (Å²) in [6.45, 7) is 1.23. The molecule has 2 N–H and O–H groups in total. The van der Waals surface area contributed by atoms with Gasteiger partial charge in [-0.05, 0) is 23.8 Å². The van der Waals surface area contributed by atoms with Crippen LogP contribution in [-0.4, -0.2) is 39.5 Å². The van der Waals surface area contributed by atoms with E-state index in [2.05, 4.69) is 4.74 Å². The molecule has 0 bridgehead atoms. The Morgan fingerprint density at radius 3 is 2.80 bits per heavy atom. The topological polar surface area (TPSA) is 83.3 Å². The highest BCUT2D eigenvalue weighted by molar-refractivity contribution is 5.92. The summed E-state index contributed by atoms with van der Waals surface area (Å²) in [7, 11) is 2.83. The SMILES string of the molecule is COC(=O)C(N)=Cc1ccc(OCC2CO2)c(OC)c1. The maximum atomic E-state index is 11.2. The molecular formula is C14H17NO5. The zero-order valence-electron chi connectivity index (χ0n) is 11.4. The summed E-state index contributed by atoms with van der Waals surface area (Å²) in [6, 6.07) is 5.28. The minimum atomic E-state index is -0.574. The van der Waals surface area contributed by atoms with Crippen molar-refractivity contribution in [2.75, 3.05) is 27.4 Å². The number of epoxide rings is 1. The number of carbonyl (C=O) groups excluding carboxylic acids is 1. The third-order valence-electron chi connectivity index (χ3n) is 2.76. The molecule has 1 heterocycles. The minimum absolute atomic E-state index is 0.0228. The van der Waals surface area contributed by atoms with E-state index >= 15 is 0 Å². The van der Waals surface area contributed by atoms with Crippen molar-refractivity contribution < 1.29 is 23.7 Å². The average Bonchev–Trinajstić information content (AvgIpc) is 3.28. The van der Waals surface area contributed by atoms with E-state index in [9.17, 15) is 4.79 Å². The Morgan fingerprint density at radius 2 is 2.20 bits per heavy atom. The van der Waals surface area contributed by atoms with Crippen LogP contribution < -0.4 is 15.2 Å². The lowest BCUT2D eigenvalue weighted by atomic mass is 10.1. The van der Waals surface area contributed by atoms with Gasteiger partial charge in [-0.3, -0.25) is 0 Å². The molecule has 0 aromatic heterocycles. The van der Waals surface area contributed by atoms with Gasteiger partial charge < -0.3 is 24.7 Å². The highest BCUT2D eigenvalue weighted by atomic mass is 16.6. The van der Waals surface area contributed by atoms with Crippen molar-refractivity contribution in [3.05, 3.63) is 29.5 Å². The smallest absolute Gasteiger partial charge is 0.353 e. The summed E-state index contributed by atoms with van der Waals surface area (Å²) >= 11 is 0. The average molecular weight is 279 g/mol. The Kier molecular flexibility index (Phi) is 4.47. The summed E-state index contributed by atoms with van der Waals surface area (Å²) in [5, 5.41) is 0. The zero-order chi connectivity index (χ0) is 14.5. The Bertz CT molecular complexity index is 522. The van der Waals surface area contributed by atoms with E-state index < -0.39 is 5.97 Å². The number of rotatable bonds is 6. The molecule has 1 aromatic rings. The van der Waals surface area contributed by atoms with Crippen molar-refractivity contribution in [3.63, 3.8) is 0 Å². The molecule has 0 radical (unpaired) electrons. The number of carbonyl (C=O) groups is 1. The van der Waals surface area contributed by atoms with E-state index in [1.165, 1.54) is 13.2 Å². The number of nitrogens with two attached hydrogens (primary N) is 1. The Labute approximate surface area is 117 Å². The first-order chi connectivity index (χ1) is 9.63. The molecule has 6 heteroatoms. The van der Waals surface area contributed by atoms with Gasteiger partial charge in [-0.25, -0.2) is 4.79 Å². The van der Waals surface area contributed by atoms with Gasteiger partial charge in [-0.1, -0.05) is 6.07 Å². The van der Waals surface area contributed by atoms with Gasteiger partial charge in [0.1, 0.15) is 18.4 Å². The third-order valence-corrected chi connectivity index (χ3v) is 2.76. The van der Waals surface area contributed by atoms with Crippen LogP contribution in [0.15, 0.2) is 23.9 Å². The molecule has 0 saturated carbocycles. The van der Waals surface area contributed by atoms with Gasteiger partial charge in [0.25, 0.3) is 0 Å². The van der Waals surface area contributed by atoms with Crippen molar-refractivity contribution in [1.29, 1.82) is 0 Å². The van der Waals surface area contributed by atoms with Crippen LogP contribution in [0.3, 0.4) is 0 Å². The van der Waals surface area contributed by atoms with Crippen molar-refractivity contribution in [2.45, 2.75) is 6.10 Å². The standard InChI is InChI=1S/C14H17NO5/c1-17-13-6-9(5-11(15)14(16)18-2)3-4-12(13)20-8-10-7-19-10/h3-6,10H,7-8,15H2,1-2H3. The maximum Gasteiger partial charge on any atom is 0.353 e. The van der Waals surface area contributed by atoms with Crippen LogP contribution in [0.25, 0.3) is 6.08 Å². The predicted octanol–water partition coefficient (Wildman–Crippen LogP) is 0.945. The zero-order valence-corrected chi connectivity index (χ0v) is 11.4. The van der Waals surface area contributed by atoms with Gasteiger partial charge in [-0.15, -0.1) is 0 Å². The molecule has 2 rings (SSSR count). The van der Waals surface area contributed by atoms with Crippen molar-refractivity contribution in [1.82, 2.24) is 0 Å². The van der Waals surface area contributed by atoms with E-state index in [0.717, 1.165) is 12.2 Å². The molecule has 0 spiro atoms. The minimum Gasteiger partial charge on any atom is -0.493 e. The molecule has 108 valence electrons. The largest absolute Gasteiger partial charge is 0.493 e. The summed E-state index contributed by atoms with van der Waals surface area (Å²) in [5.74, 6) is 0.615. The number of hydrogen-bond donors (Lipinski definition) is 1. The summed E-state index contributed by atoms with van der Waals surface area (Å²) < 4.78 is 20.5. The van der Waals surface area contributed by atoms with Gasteiger partial charge >= 0.3 is 5.97 Å². The van der Waals surface area contributed by atoms with E-state index in [-0.39, 0.29) is 11.8 Å². The van der Waals surface area contributed by atoms with Gasteiger partial charge in [0, 0.05) is 0 Å². The van der Waals surface area contributed by atoms with Crippen LogP contribution in [0.4, 0.5) is 0 Å².